The van der Waals surface area contributed by atoms with Crippen LogP contribution in [0.25, 0.3) is 0 Å². The van der Waals surface area contributed by atoms with Gasteiger partial charge in [0.25, 0.3) is 0 Å². The number of ether oxygens (including phenoxy) is 3. The SMILES string of the molecule is CCOC(=O)c1c(C#N)ccc(OCCOC)c1N. The van der Waals surface area contributed by atoms with Gasteiger partial charge in [-0.25, -0.2) is 4.79 Å². The number of nitrogens with zero attached hydrogens (tertiary/aromatic N) is 1. The van der Waals surface area contributed by atoms with Gasteiger partial charge in [0, 0.05) is 7.11 Å². The Kier molecular flexibility index (Phi) is 5.64. The molecule has 0 heterocycles. The second-order valence-corrected chi connectivity index (χ2v) is 3.57. The number of nitriles is 1. The van der Waals surface area contributed by atoms with Crippen molar-refractivity contribution >= 4 is 11.7 Å². The molecule has 19 heavy (non-hydrogen) atoms. The lowest BCUT2D eigenvalue weighted by Crippen LogP contribution is -2.13. The van der Waals surface area contributed by atoms with Crippen LogP contribution in [0.1, 0.15) is 22.8 Å². The lowest BCUT2D eigenvalue weighted by molar-refractivity contribution is 0.0526. The zero-order valence-corrected chi connectivity index (χ0v) is 10.9. The van der Waals surface area contributed by atoms with E-state index in [0.717, 1.165) is 0 Å². The fourth-order valence-electron chi connectivity index (χ4n) is 1.48. The zero-order chi connectivity index (χ0) is 14.3. The van der Waals surface area contributed by atoms with E-state index in [0.29, 0.717) is 19.0 Å². The van der Waals surface area contributed by atoms with Crippen molar-refractivity contribution in [3.05, 3.63) is 23.3 Å². The van der Waals surface area contributed by atoms with Gasteiger partial charge >= 0.3 is 5.97 Å². The average molecular weight is 264 g/mol. The van der Waals surface area contributed by atoms with E-state index in [1.54, 1.807) is 20.1 Å². The largest absolute Gasteiger partial charge is 0.489 e. The molecule has 102 valence electrons. The molecule has 6 nitrogen and oxygen atoms in total. The summed E-state index contributed by atoms with van der Waals surface area (Å²) < 4.78 is 15.1. The number of nitrogens with two attached hydrogens (primary N) is 1. The second-order valence-electron chi connectivity index (χ2n) is 3.57. The standard InChI is InChI=1S/C13H16N2O4/c1-3-18-13(16)11-9(8-14)4-5-10(12(11)15)19-7-6-17-2/h4-5H,3,6-7,15H2,1-2H3. The molecule has 1 rings (SSSR count). The van der Waals surface area contributed by atoms with E-state index < -0.39 is 5.97 Å². The Bertz CT molecular complexity index is 494. The molecule has 0 spiro atoms. The number of rotatable bonds is 6. The summed E-state index contributed by atoms with van der Waals surface area (Å²) in [6.07, 6.45) is 0. The first-order chi connectivity index (χ1) is 9.15. The summed E-state index contributed by atoms with van der Waals surface area (Å²) in [7, 11) is 1.55. The van der Waals surface area contributed by atoms with Crippen LogP contribution >= 0.6 is 0 Å². The number of carbonyl (C=O) groups is 1. The van der Waals surface area contributed by atoms with E-state index in [9.17, 15) is 4.79 Å². The van der Waals surface area contributed by atoms with Crippen LogP contribution in [-0.2, 0) is 9.47 Å². The van der Waals surface area contributed by atoms with Crippen molar-refractivity contribution in [3.63, 3.8) is 0 Å². The maximum absolute atomic E-state index is 11.8. The molecule has 6 heteroatoms. The van der Waals surface area contributed by atoms with E-state index in [4.69, 9.17) is 25.2 Å². The number of hydrogen-bond donors (Lipinski definition) is 1. The van der Waals surface area contributed by atoms with Gasteiger partial charge in [0.15, 0.2) is 0 Å². The lowest BCUT2D eigenvalue weighted by Gasteiger charge is -2.12. The third-order valence-corrected chi connectivity index (χ3v) is 2.35. The van der Waals surface area contributed by atoms with Crippen molar-refractivity contribution in [2.24, 2.45) is 0 Å². The van der Waals surface area contributed by atoms with Gasteiger partial charge in [-0.2, -0.15) is 5.26 Å². The summed E-state index contributed by atoms with van der Waals surface area (Å²) in [5, 5.41) is 8.99. The van der Waals surface area contributed by atoms with Gasteiger partial charge in [-0.05, 0) is 19.1 Å². The van der Waals surface area contributed by atoms with Crippen LogP contribution in [0.4, 0.5) is 5.69 Å². The summed E-state index contributed by atoms with van der Waals surface area (Å²) in [5.74, 6) is -0.298. The predicted octanol–water partition coefficient (Wildman–Crippen LogP) is 1.34. The highest BCUT2D eigenvalue weighted by molar-refractivity contribution is 5.99. The highest BCUT2D eigenvalue weighted by Gasteiger charge is 2.19. The van der Waals surface area contributed by atoms with Crippen molar-refractivity contribution in [3.8, 4) is 11.8 Å². The smallest absolute Gasteiger partial charge is 0.341 e. The Balaban J connectivity index is 3.08. The van der Waals surface area contributed by atoms with Gasteiger partial charge < -0.3 is 19.9 Å². The zero-order valence-electron chi connectivity index (χ0n) is 10.9. The van der Waals surface area contributed by atoms with E-state index in [-0.39, 0.29) is 23.4 Å². The van der Waals surface area contributed by atoms with Gasteiger partial charge in [0.05, 0.1) is 24.5 Å². The first kappa shape index (κ1) is 14.8. The molecule has 0 aliphatic rings. The van der Waals surface area contributed by atoms with Crippen LogP contribution in [0.15, 0.2) is 12.1 Å². The Morgan fingerprint density at radius 1 is 1.42 bits per heavy atom. The Morgan fingerprint density at radius 3 is 2.74 bits per heavy atom. The predicted molar refractivity (Wildman–Crippen MR) is 68.9 cm³/mol. The van der Waals surface area contributed by atoms with Crippen molar-refractivity contribution in [2.45, 2.75) is 6.92 Å². The number of hydrogen-bond acceptors (Lipinski definition) is 6. The first-order valence-corrected chi connectivity index (χ1v) is 5.77. The Morgan fingerprint density at radius 2 is 2.16 bits per heavy atom. The lowest BCUT2D eigenvalue weighted by atomic mass is 10.1. The number of benzene rings is 1. The Hall–Kier alpha value is -2.26. The fourth-order valence-corrected chi connectivity index (χ4v) is 1.48. The maximum Gasteiger partial charge on any atom is 0.341 e. The maximum atomic E-state index is 11.8. The second kappa shape index (κ2) is 7.24. The third kappa shape index (κ3) is 3.60. The number of anilines is 1. The molecule has 0 bridgehead atoms. The van der Waals surface area contributed by atoms with E-state index in [1.807, 2.05) is 6.07 Å². The van der Waals surface area contributed by atoms with Crippen LogP contribution in [0.2, 0.25) is 0 Å². The van der Waals surface area contributed by atoms with Crippen molar-refractivity contribution in [1.29, 1.82) is 5.26 Å². The number of esters is 1. The number of methoxy groups -OCH3 is 1. The van der Waals surface area contributed by atoms with E-state index >= 15 is 0 Å². The summed E-state index contributed by atoms with van der Waals surface area (Å²) in [5.41, 5.74) is 6.16. The van der Waals surface area contributed by atoms with Crippen molar-refractivity contribution in [1.82, 2.24) is 0 Å². The van der Waals surface area contributed by atoms with Crippen LogP contribution in [-0.4, -0.2) is 32.9 Å². The molecule has 0 saturated carbocycles. The van der Waals surface area contributed by atoms with E-state index in [1.165, 1.54) is 6.07 Å². The minimum absolute atomic E-state index is 0.0410. The molecule has 0 unspecified atom stereocenters. The molecule has 0 atom stereocenters. The van der Waals surface area contributed by atoms with Gasteiger partial charge in [-0.3, -0.25) is 0 Å². The van der Waals surface area contributed by atoms with Crippen molar-refractivity contribution < 1.29 is 19.0 Å². The molecule has 0 aromatic heterocycles. The topological polar surface area (TPSA) is 94.6 Å². The Labute approximate surface area is 111 Å². The van der Waals surface area contributed by atoms with Gasteiger partial charge in [0.2, 0.25) is 0 Å². The summed E-state index contributed by atoms with van der Waals surface area (Å²) in [6, 6.07) is 4.93. The third-order valence-electron chi connectivity index (χ3n) is 2.35. The van der Waals surface area contributed by atoms with Crippen LogP contribution in [0.3, 0.4) is 0 Å². The summed E-state index contributed by atoms with van der Waals surface area (Å²) in [4.78, 5) is 11.8. The minimum Gasteiger partial charge on any atom is -0.489 e. The highest BCUT2D eigenvalue weighted by atomic mass is 16.5. The molecule has 0 aliphatic carbocycles. The van der Waals surface area contributed by atoms with Crippen molar-refractivity contribution in [2.75, 3.05) is 32.7 Å². The van der Waals surface area contributed by atoms with Crippen LogP contribution in [0, 0.1) is 11.3 Å². The monoisotopic (exact) mass is 264 g/mol. The summed E-state index contributed by atoms with van der Waals surface area (Å²) >= 11 is 0. The molecular weight excluding hydrogens is 248 g/mol. The molecule has 0 saturated heterocycles. The quantitative estimate of drug-likeness (QED) is 0.473. The molecule has 0 fully saturated rings. The van der Waals surface area contributed by atoms with Crippen LogP contribution in [0.5, 0.6) is 5.75 Å². The molecule has 1 aromatic rings. The molecule has 2 N–H and O–H groups in total. The highest BCUT2D eigenvalue weighted by Crippen LogP contribution is 2.28. The molecule has 0 amide bonds. The molecule has 0 radical (unpaired) electrons. The van der Waals surface area contributed by atoms with Gasteiger partial charge in [-0.1, -0.05) is 0 Å². The van der Waals surface area contributed by atoms with E-state index in [2.05, 4.69) is 0 Å². The molecule has 1 aromatic carbocycles. The number of nitrogen functional groups attached to an aromatic ring is 1. The fraction of sp³-hybridized carbons (Fsp3) is 0.385. The minimum atomic E-state index is -0.631. The molecular formula is C13H16N2O4. The average Bonchev–Trinajstić information content (AvgIpc) is 2.40. The van der Waals surface area contributed by atoms with Gasteiger partial charge in [-0.15, -0.1) is 0 Å². The summed E-state index contributed by atoms with van der Waals surface area (Å²) in [6.45, 7) is 2.58. The van der Waals surface area contributed by atoms with Crippen LogP contribution < -0.4 is 10.5 Å². The molecule has 0 aliphatic heterocycles. The normalized spacial score (nSPS) is 9.74. The van der Waals surface area contributed by atoms with Gasteiger partial charge in [0.1, 0.15) is 24.0 Å². The number of carbonyl (C=O) groups excluding carboxylic acids is 1. The first-order valence-electron chi connectivity index (χ1n) is 5.77.